The largest absolute Gasteiger partial charge is 0.416 e. The van der Waals surface area contributed by atoms with E-state index in [0.29, 0.717) is 17.4 Å². The lowest BCUT2D eigenvalue weighted by molar-refractivity contribution is -0.384. The zero-order valence-corrected chi connectivity index (χ0v) is 12.3. The highest BCUT2D eigenvalue weighted by Crippen LogP contribution is 2.36. The van der Waals surface area contributed by atoms with Crippen molar-refractivity contribution in [3.8, 4) is 0 Å². The summed E-state index contributed by atoms with van der Waals surface area (Å²) in [7, 11) is 0. The van der Waals surface area contributed by atoms with Gasteiger partial charge in [0, 0.05) is 24.4 Å². The standard InChI is InChI=1S/C15H12F3N3O3/c1-9(22)19-11-3-5-12(6-4-11)20-13-7-2-10(15(16,17)18)8-14(13)21(23)24/h2-8,20H,1H3,(H,19,22). The van der Waals surface area contributed by atoms with Gasteiger partial charge in [0.2, 0.25) is 5.91 Å². The van der Waals surface area contributed by atoms with Gasteiger partial charge in [0.15, 0.2) is 0 Å². The first-order valence-corrected chi connectivity index (χ1v) is 6.67. The van der Waals surface area contributed by atoms with Gasteiger partial charge >= 0.3 is 6.18 Å². The predicted octanol–water partition coefficient (Wildman–Crippen LogP) is 4.32. The first-order valence-electron chi connectivity index (χ1n) is 6.67. The number of carbonyl (C=O) groups is 1. The highest BCUT2D eigenvalue weighted by Gasteiger charge is 2.33. The fourth-order valence-electron chi connectivity index (χ4n) is 1.96. The number of hydrogen-bond donors (Lipinski definition) is 2. The van der Waals surface area contributed by atoms with E-state index in [1.54, 1.807) is 12.1 Å². The molecular formula is C15H12F3N3O3. The van der Waals surface area contributed by atoms with E-state index in [-0.39, 0.29) is 11.6 Å². The second kappa shape index (κ2) is 6.57. The van der Waals surface area contributed by atoms with Gasteiger partial charge in [-0.2, -0.15) is 13.2 Å². The Morgan fingerprint density at radius 3 is 2.17 bits per heavy atom. The number of amides is 1. The van der Waals surface area contributed by atoms with E-state index in [9.17, 15) is 28.1 Å². The Morgan fingerprint density at radius 2 is 1.67 bits per heavy atom. The fourth-order valence-corrected chi connectivity index (χ4v) is 1.96. The molecule has 126 valence electrons. The second-order valence-electron chi connectivity index (χ2n) is 4.87. The average Bonchev–Trinajstić information content (AvgIpc) is 2.47. The molecule has 0 aromatic heterocycles. The van der Waals surface area contributed by atoms with E-state index < -0.39 is 22.4 Å². The molecule has 2 aromatic rings. The Kier molecular flexibility index (Phi) is 4.72. The number of nitro benzene ring substituents is 1. The van der Waals surface area contributed by atoms with E-state index in [2.05, 4.69) is 10.6 Å². The van der Waals surface area contributed by atoms with Gasteiger partial charge in [0.1, 0.15) is 5.69 Å². The summed E-state index contributed by atoms with van der Waals surface area (Å²) in [6, 6.07) is 8.43. The highest BCUT2D eigenvalue weighted by atomic mass is 19.4. The van der Waals surface area contributed by atoms with Crippen LogP contribution < -0.4 is 10.6 Å². The minimum absolute atomic E-state index is 0.0692. The van der Waals surface area contributed by atoms with Crippen LogP contribution in [0.15, 0.2) is 42.5 Å². The third kappa shape index (κ3) is 4.22. The molecule has 0 bridgehead atoms. The number of rotatable bonds is 4. The molecule has 0 spiro atoms. The number of alkyl halides is 3. The Hall–Kier alpha value is -3.10. The fraction of sp³-hybridized carbons (Fsp3) is 0.133. The Balaban J connectivity index is 2.29. The Bertz CT molecular complexity index is 774. The average molecular weight is 339 g/mol. The predicted molar refractivity (Wildman–Crippen MR) is 82.1 cm³/mol. The van der Waals surface area contributed by atoms with Gasteiger partial charge in [0.05, 0.1) is 10.5 Å². The summed E-state index contributed by atoms with van der Waals surface area (Å²) < 4.78 is 38.0. The first kappa shape index (κ1) is 17.3. The molecule has 0 fully saturated rings. The molecule has 2 N–H and O–H groups in total. The van der Waals surface area contributed by atoms with Crippen molar-refractivity contribution in [2.45, 2.75) is 13.1 Å². The van der Waals surface area contributed by atoms with Crippen molar-refractivity contribution in [2.75, 3.05) is 10.6 Å². The van der Waals surface area contributed by atoms with Crippen molar-refractivity contribution in [3.63, 3.8) is 0 Å². The van der Waals surface area contributed by atoms with Crippen LogP contribution in [0.4, 0.5) is 35.9 Å². The van der Waals surface area contributed by atoms with E-state index in [1.165, 1.54) is 19.1 Å². The summed E-state index contributed by atoms with van der Waals surface area (Å²) in [5, 5.41) is 16.3. The molecule has 0 saturated heterocycles. The monoisotopic (exact) mass is 339 g/mol. The molecule has 2 aromatic carbocycles. The number of halogens is 3. The molecule has 0 unspecified atom stereocenters. The quantitative estimate of drug-likeness (QED) is 0.642. The zero-order chi connectivity index (χ0) is 17.9. The Morgan fingerprint density at radius 1 is 1.08 bits per heavy atom. The molecule has 0 saturated carbocycles. The van der Waals surface area contributed by atoms with Gasteiger partial charge in [-0.1, -0.05) is 0 Å². The van der Waals surface area contributed by atoms with Crippen molar-refractivity contribution in [3.05, 3.63) is 58.1 Å². The van der Waals surface area contributed by atoms with E-state index >= 15 is 0 Å². The van der Waals surface area contributed by atoms with Crippen LogP contribution in [-0.4, -0.2) is 10.8 Å². The van der Waals surface area contributed by atoms with Gasteiger partial charge in [-0.25, -0.2) is 0 Å². The lowest BCUT2D eigenvalue weighted by Crippen LogP contribution is -2.07. The SMILES string of the molecule is CC(=O)Nc1ccc(Nc2ccc(C(F)(F)F)cc2[N+](=O)[O-])cc1. The van der Waals surface area contributed by atoms with Gasteiger partial charge in [-0.3, -0.25) is 14.9 Å². The normalized spacial score (nSPS) is 11.0. The van der Waals surface area contributed by atoms with Crippen molar-refractivity contribution >= 4 is 28.7 Å². The molecule has 0 heterocycles. The van der Waals surface area contributed by atoms with Crippen molar-refractivity contribution < 1.29 is 22.9 Å². The van der Waals surface area contributed by atoms with Crippen LogP contribution in [-0.2, 0) is 11.0 Å². The number of hydrogen-bond acceptors (Lipinski definition) is 4. The van der Waals surface area contributed by atoms with Crippen LogP contribution in [0.1, 0.15) is 12.5 Å². The smallest absolute Gasteiger partial charge is 0.350 e. The lowest BCUT2D eigenvalue weighted by Gasteiger charge is -2.11. The summed E-state index contributed by atoms with van der Waals surface area (Å²) in [6.07, 6.45) is -4.66. The third-order valence-electron chi connectivity index (χ3n) is 3.01. The summed E-state index contributed by atoms with van der Waals surface area (Å²) in [5.41, 5.74) is -0.904. The Labute approximate surface area is 134 Å². The van der Waals surface area contributed by atoms with Crippen LogP contribution in [0, 0.1) is 10.1 Å². The maximum atomic E-state index is 12.7. The van der Waals surface area contributed by atoms with Gasteiger partial charge in [-0.05, 0) is 36.4 Å². The van der Waals surface area contributed by atoms with Gasteiger partial charge in [-0.15, -0.1) is 0 Å². The molecule has 0 radical (unpaired) electrons. The minimum Gasteiger partial charge on any atom is -0.350 e. The van der Waals surface area contributed by atoms with Crippen LogP contribution in [0.3, 0.4) is 0 Å². The highest BCUT2D eigenvalue weighted by molar-refractivity contribution is 5.88. The summed E-state index contributed by atoms with van der Waals surface area (Å²) in [5.74, 6) is -0.255. The third-order valence-corrected chi connectivity index (χ3v) is 3.01. The number of carbonyl (C=O) groups excluding carboxylic acids is 1. The summed E-state index contributed by atoms with van der Waals surface area (Å²) in [4.78, 5) is 21.1. The van der Waals surface area contributed by atoms with E-state index in [4.69, 9.17) is 0 Å². The van der Waals surface area contributed by atoms with Crippen molar-refractivity contribution in [1.82, 2.24) is 0 Å². The molecule has 0 aliphatic heterocycles. The molecular weight excluding hydrogens is 327 g/mol. The molecule has 9 heteroatoms. The molecule has 1 amide bonds. The van der Waals surface area contributed by atoms with Crippen LogP contribution >= 0.6 is 0 Å². The minimum atomic E-state index is -4.66. The maximum Gasteiger partial charge on any atom is 0.416 e. The zero-order valence-electron chi connectivity index (χ0n) is 12.3. The van der Waals surface area contributed by atoms with Crippen LogP contribution in [0.2, 0.25) is 0 Å². The van der Waals surface area contributed by atoms with Crippen molar-refractivity contribution in [1.29, 1.82) is 0 Å². The number of anilines is 3. The van der Waals surface area contributed by atoms with Gasteiger partial charge < -0.3 is 10.6 Å². The molecule has 24 heavy (non-hydrogen) atoms. The van der Waals surface area contributed by atoms with E-state index in [1.807, 2.05) is 0 Å². The van der Waals surface area contributed by atoms with Crippen molar-refractivity contribution in [2.24, 2.45) is 0 Å². The first-order chi connectivity index (χ1) is 11.2. The molecule has 0 aliphatic carbocycles. The maximum absolute atomic E-state index is 12.7. The number of nitro groups is 1. The number of benzene rings is 2. The topological polar surface area (TPSA) is 84.3 Å². The number of nitrogens with one attached hydrogen (secondary N) is 2. The second-order valence-corrected chi connectivity index (χ2v) is 4.87. The summed E-state index contributed by atoms with van der Waals surface area (Å²) in [6.45, 7) is 1.34. The molecule has 2 rings (SSSR count). The van der Waals surface area contributed by atoms with Gasteiger partial charge in [0.25, 0.3) is 5.69 Å². The molecule has 6 nitrogen and oxygen atoms in total. The van der Waals surface area contributed by atoms with Crippen LogP contribution in [0.5, 0.6) is 0 Å². The molecule has 0 aliphatic rings. The van der Waals surface area contributed by atoms with Crippen LogP contribution in [0.25, 0.3) is 0 Å². The summed E-state index contributed by atoms with van der Waals surface area (Å²) >= 11 is 0. The molecule has 0 atom stereocenters. The van der Waals surface area contributed by atoms with E-state index in [0.717, 1.165) is 12.1 Å². The number of nitrogens with zero attached hydrogens (tertiary/aromatic N) is 1. The lowest BCUT2D eigenvalue weighted by atomic mass is 10.1.